The normalized spacial score (nSPS) is 16.9. The Balaban J connectivity index is 1.70. The smallest absolute Gasteiger partial charge is 0.407 e. The number of amides is 1. The van der Waals surface area contributed by atoms with Crippen LogP contribution >= 0.6 is 11.8 Å². The number of nitrogens with one attached hydrogen (secondary N) is 2. The molecule has 35 heavy (non-hydrogen) atoms. The summed E-state index contributed by atoms with van der Waals surface area (Å²) in [5, 5.41) is 2.92. The van der Waals surface area contributed by atoms with Gasteiger partial charge in [0.1, 0.15) is 5.60 Å². The molecule has 0 spiro atoms. The van der Waals surface area contributed by atoms with Crippen LogP contribution in [0.15, 0.2) is 82.6 Å². The number of aryl methyl sites for hydroxylation is 1. The average molecular weight is 509 g/mol. The van der Waals surface area contributed by atoms with Crippen LogP contribution in [0.2, 0.25) is 0 Å². The molecule has 0 aromatic heterocycles. The number of hydrogen-bond acceptors (Lipinski definition) is 5. The molecular weight excluding hydrogens is 476 g/mol. The van der Waals surface area contributed by atoms with E-state index >= 15 is 0 Å². The summed E-state index contributed by atoms with van der Waals surface area (Å²) in [6, 6.07) is 24.1. The lowest BCUT2D eigenvalue weighted by Gasteiger charge is -2.30. The van der Waals surface area contributed by atoms with Gasteiger partial charge in [-0.15, -0.1) is 16.5 Å². The summed E-state index contributed by atoms with van der Waals surface area (Å²) < 4.78 is 22.3. The van der Waals surface area contributed by atoms with Crippen molar-refractivity contribution in [3.8, 4) is 0 Å². The van der Waals surface area contributed by atoms with Crippen LogP contribution in [0, 0.1) is 6.92 Å². The topological polar surface area (TPSA) is 73.4 Å². The number of ether oxygens (including phenoxy) is 1. The molecule has 5 nitrogen and oxygen atoms in total. The van der Waals surface area contributed by atoms with Crippen molar-refractivity contribution in [3.05, 3.63) is 95.1 Å². The molecule has 3 atom stereocenters. The van der Waals surface area contributed by atoms with Crippen LogP contribution in [0.25, 0.3) is 0 Å². The highest BCUT2D eigenvalue weighted by atomic mass is 32.2. The van der Waals surface area contributed by atoms with Gasteiger partial charge in [0.15, 0.2) is 4.90 Å². The number of alkyl carbamates (subject to hydrolysis) is 1. The standard InChI is InChI=1S/C28H32N2O3S2/c1-19-13-15-21(16-14-19)35(32)30-24(17-29-27(31)33-28(2,3)4)26-22-10-6-5-9-20(22)18-34-25-12-8-7-11-23(25)26/h5-16,24,26,30H,17-18H2,1-4H3,(H,29,31)/t24-,26?,35+/m1/s1. The van der Waals surface area contributed by atoms with Crippen LogP contribution in [-0.4, -0.2) is 28.8 Å². The first kappa shape index (κ1) is 25.6. The number of benzene rings is 3. The molecule has 0 saturated carbocycles. The number of thioether (sulfide) groups is 1. The molecular formula is C28H32N2O3S2. The molecule has 1 amide bonds. The summed E-state index contributed by atoms with van der Waals surface area (Å²) in [5.41, 5.74) is 4.08. The molecule has 0 fully saturated rings. The largest absolute Gasteiger partial charge is 0.593 e. The third kappa shape index (κ3) is 6.61. The Hall–Kier alpha value is -2.45. The van der Waals surface area contributed by atoms with E-state index in [0.717, 1.165) is 16.9 Å². The second-order valence-corrected chi connectivity index (χ2v) is 12.0. The van der Waals surface area contributed by atoms with Crippen LogP contribution in [-0.2, 0) is 21.9 Å². The van der Waals surface area contributed by atoms with Gasteiger partial charge in [-0.2, -0.15) is 0 Å². The molecule has 3 aromatic carbocycles. The fourth-order valence-electron chi connectivity index (χ4n) is 4.20. The maximum Gasteiger partial charge on any atom is 0.407 e. The fourth-order valence-corrected chi connectivity index (χ4v) is 6.32. The fraction of sp³-hybridized carbons (Fsp3) is 0.321. The molecule has 4 rings (SSSR count). The Morgan fingerprint density at radius 2 is 1.71 bits per heavy atom. The zero-order chi connectivity index (χ0) is 25.0. The zero-order valence-corrected chi connectivity index (χ0v) is 22.2. The lowest BCUT2D eigenvalue weighted by Crippen LogP contribution is -2.48. The van der Waals surface area contributed by atoms with Gasteiger partial charge in [0, 0.05) is 23.1 Å². The number of rotatable bonds is 6. The van der Waals surface area contributed by atoms with Crippen LogP contribution in [0.3, 0.4) is 0 Å². The molecule has 184 valence electrons. The van der Waals surface area contributed by atoms with Crippen LogP contribution in [0.5, 0.6) is 0 Å². The molecule has 0 aliphatic carbocycles. The summed E-state index contributed by atoms with van der Waals surface area (Å²) in [6.45, 7) is 7.77. The van der Waals surface area contributed by atoms with Crippen molar-refractivity contribution in [1.29, 1.82) is 0 Å². The Bertz CT molecular complexity index is 1110. The highest BCUT2D eigenvalue weighted by Gasteiger charge is 2.34. The maximum absolute atomic E-state index is 13.4. The monoisotopic (exact) mass is 508 g/mol. The van der Waals surface area contributed by atoms with E-state index in [1.54, 1.807) is 11.8 Å². The SMILES string of the molecule is Cc1ccc([S@+]([O-])N[C@H](CNC(=O)OC(C)(C)C)C2c3ccccc3CSc3ccccc32)cc1. The van der Waals surface area contributed by atoms with Gasteiger partial charge < -0.3 is 14.6 Å². The van der Waals surface area contributed by atoms with E-state index in [9.17, 15) is 9.35 Å². The summed E-state index contributed by atoms with van der Waals surface area (Å²) in [6.07, 6.45) is -0.491. The molecule has 1 aliphatic rings. The third-order valence-corrected chi connectivity index (χ3v) is 8.14. The lowest BCUT2D eigenvalue weighted by atomic mass is 9.83. The molecule has 2 N–H and O–H groups in total. The molecule has 1 heterocycles. The van der Waals surface area contributed by atoms with Gasteiger partial charge in [-0.25, -0.2) is 4.79 Å². The summed E-state index contributed by atoms with van der Waals surface area (Å²) in [4.78, 5) is 14.4. The average Bonchev–Trinajstić information content (AvgIpc) is 2.98. The van der Waals surface area contributed by atoms with E-state index in [2.05, 4.69) is 40.4 Å². The van der Waals surface area contributed by atoms with Gasteiger partial charge in [0.25, 0.3) is 0 Å². The summed E-state index contributed by atoms with van der Waals surface area (Å²) in [5.74, 6) is 0.749. The predicted molar refractivity (Wildman–Crippen MR) is 143 cm³/mol. The van der Waals surface area contributed by atoms with Gasteiger partial charge in [-0.05, 0) is 62.6 Å². The van der Waals surface area contributed by atoms with Crippen molar-refractivity contribution in [2.24, 2.45) is 0 Å². The number of fused-ring (bicyclic) bond motifs is 2. The predicted octanol–water partition coefficient (Wildman–Crippen LogP) is 5.94. The van der Waals surface area contributed by atoms with E-state index in [1.165, 1.54) is 16.0 Å². The third-order valence-electron chi connectivity index (χ3n) is 5.79. The molecule has 7 heteroatoms. The Morgan fingerprint density at radius 3 is 2.43 bits per heavy atom. The van der Waals surface area contributed by atoms with Crippen LogP contribution in [0.4, 0.5) is 4.79 Å². The van der Waals surface area contributed by atoms with Crippen LogP contribution in [0.1, 0.15) is 48.9 Å². The molecule has 3 aromatic rings. The minimum absolute atomic E-state index is 0.110. The van der Waals surface area contributed by atoms with Crippen LogP contribution < -0.4 is 10.0 Å². The summed E-state index contributed by atoms with van der Waals surface area (Å²) in [7, 11) is 0. The highest BCUT2D eigenvalue weighted by Crippen LogP contribution is 2.42. The molecule has 0 bridgehead atoms. The minimum Gasteiger partial charge on any atom is -0.593 e. The van der Waals surface area contributed by atoms with Gasteiger partial charge in [-0.1, -0.05) is 60.2 Å². The first-order valence-electron chi connectivity index (χ1n) is 11.7. The second-order valence-electron chi connectivity index (χ2n) is 9.69. The second kappa shape index (κ2) is 11.1. The van der Waals surface area contributed by atoms with Crippen molar-refractivity contribution >= 4 is 29.2 Å². The van der Waals surface area contributed by atoms with Gasteiger partial charge in [-0.3, -0.25) is 0 Å². The molecule has 1 unspecified atom stereocenters. The first-order chi connectivity index (χ1) is 16.7. The van der Waals surface area contributed by atoms with E-state index < -0.39 is 23.1 Å². The van der Waals surface area contributed by atoms with E-state index in [1.807, 2.05) is 70.2 Å². The van der Waals surface area contributed by atoms with E-state index in [0.29, 0.717) is 4.90 Å². The Morgan fingerprint density at radius 1 is 1.06 bits per heavy atom. The Labute approximate surface area is 215 Å². The number of carbonyl (C=O) groups excluding carboxylic acids is 1. The van der Waals surface area contributed by atoms with Gasteiger partial charge >= 0.3 is 6.09 Å². The minimum atomic E-state index is -1.47. The molecule has 1 aliphatic heterocycles. The van der Waals surface area contributed by atoms with Gasteiger partial charge in [0.05, 0.1) is 17.4 Å². The van der Waals surface area contributed by atoms with Crippen molar-refractivity contribution in [1.82, 2.24) is 10.0 Å². The summed E-state index contributed by atoms with van der Waals surface area (Å²) >= 11 is 0.341. The molecule has 0 radical (unpaired) electrons. The maximum atomic E-state index is 13.4. The highest BCUT2D eigenvalue weighted by molar-refractivity contribution is 7.98. The van der Waals surface area contributed by atoms with Crippen molar-refractivity contribution < 1.29 is 14.1 Å². The van der Waals surface area contributed by atoms with Crippen molar-refractivity contribution in [2.75, 3.05) is 6.54 Å². The van der Waals surface area contributed by atoms with Crippen molar-refractivity contribution in [3.63, 3.8) is 0 Å². The number of hydrogen-bond donors (Lipinski definition) is 2. The number of carbonyl (C=O) groups is 1. The van der Waals surface area contributed by atoms with E-state index in [-0.39, 0.29) is 18.5 Å². The first-order valence-corrected chi connectivity index (χ1v) is 13.9. The lowest BCUT2D eigenvalue weighted by molar-refractivity contribution is 0.0522. The Kier molecular flexibility index (Phi) is 8.12. The van der Waals surface area contributed by atoms with E-state index in [4.69, 9.17) is 4.74 Å². The quantitative estimate of drug-likeness (QED) is 0.403. The molecule has 0 saturated heterocycles. The van der Waals surface area contributed by atoms with Gasteiger partial charge in [0.2, 0.25) is 0 Å². The zero-order valence-electron chi connectivity index (χ0n) is 20.5. The van der Waals surface area contributed by atoms with Crippen molar-refractivity contribution in [2.45, 2.75) is 60.8 Å².